The molecule has 1 aliphatic heterocycles. The monoisotopic (exact) mass is 494 g/mol. The Morgan fingerprint density at radius 2 is 1.81 bits per heavy atom. The van der Waals surface area contributed by atoms with Crippen LogP contribution < -0.4 is 20.7 Å². The summed E-state index contributed by atoms with van der Waals surface area (Å²) in [6, 6.07) is 25.2. The molecular weight excluding hydrogens is 464 g/mol. The summed E-state index contributed by atoms with van der Waals surface area (Å²) in [6.45, 7) is 1.96. The van der Waals surface area contributed by atoms with E-state index >= 15 is 0 Å². The molecule has 1 atom stereocenters. The van der Waals surface area contributed by atoms with Crippen molar-refractivity contribution in [1.29, 1.82) is 0 Å². The molecule has 37 heavy (non-hydrogen) atoms. The van der Waals surface area contributed by atoms with Crippen molar-refractivity contribution in [2.24, 2.45) is 11.7 Å². The lowest BCUT2D eigenvalue weighted by molar-refractivity contribution is -0.122. The molecule has 1 aromatic heterocycles. The third kappa shape index (κ3) is 5.40. The summed E-state index contributed by atoms with van der Waals surface area (Å²) in [4.78, 5) is 31.9. The molecule has 0 bridgehead atoms. The van der Waals surface area contributed by atoms with E-state index in [9.17, 15) is 9.59 Å². The van der Waals surface area contributed by atoms with Gasteiger partial charge in [0.1, 0.15) is 5.75 Å². The Morgan fingerprint density at radius 1 is 1.05 bits per heavy atom. The van der Waals surface area contributed by atoms with Crippen LogP contribution in [0.2, 0.25) is 0 Å². The van der Waals surface area contributed by atoms with Crippen molar-refractivity contribution in [3.05, 3.63) is 90.0 Å². The van der Waals surface area contributed by atoms with Gasteiger partial charge in [-0.05, 0) is 66.9 Å². The molecule has 1 aliphatic rings. The number of amides is 2. The van der Waals surface area contributed by atoms with Crippen molar-refractivity contribution < 1.29 is 14.3 Å². The highest BCUT2D eigenvalue weighted by Crippen LogP contribution is 2.27. The minimum absolute atomic E-state index is 0.106. The highest BCUT2D eigenvalue weighted by Gasteiger charge is 2.24. The molecule has 2 heterocycles. The molecule has 0 aliphatic carbocycles. The minimum atomic E-state index is -0.234. The van der Waals surface area contributed by atoms with E-state index in [1.807, 2.05) is 78.9 Å². The maximum atomic E-state index is 13.3. The molecule has 2 amide bonds. The quantitative estimate of drug-likeness (QED) is 0.393. The predicted molar refractivity (Wildman–Crippen MR) is 145 cm³/mol. The number of hydrogen-bond acceptors (Lipinski definition) is 5. The summed E-state index contributed by atoms with van der Waals surface area (Å²) in [5.41, 5.74) is 10.6. The van der Waals surface area contributed by atoms with Gasteiger partial charge in [0.15, 0.2) is 0 Å². The molecule has 1 unspecified atom stereocenters. The number of primary amides is 1. The topological polar surface area (TPSA) is 97.5 Å². The van der Waals surface area contributed by atoms with Crippen LogP contribution in [0.5, 0.6) is 5.75 Å². The molecule has 0 radical (unpaired) electrons. The number of benzene rings is 3. The zero-order chi connectivity index (χ0) is 25.8. The van der Waals surface area contributed by atoms with E-state index in [2.05, 4.69) is 10.2 Å². The van der Waals surface area contributed by atoms with Gasteiger partial charge in [0.25, 0.3) is 5.91 Å². The Kier molecular flexibility index (Phi) is 7.03. The van der Waals surface area contributed by atoms with Gasteiger partial charge < -0.3 is 20.7 Å². The van der Waals surface area contributed by atoms with Crippen LogP contribution in [-0.2, 0) is 11.3 Å². The number of piperidine rings is 1. The van der Waals surface area contributed by atoms with Gasteiger partial charge in [-0.25, -0.2) is 4.98 Å². The lowest BCUT2D eigenvalue weighted by Gasteiger charge is -2.33. The summed E-state index contributed by atoms with van der Waals surface area (Å²) in [5, 5.41) is 3.87. The Labute approximate surface area is 216 Å². The molecule has 0 saturated carbocycles. The number of rotatable bonds is 7. The van der Waals surface area contributed by atoms with E-state index in [1.54, 1.807) is 7.11 Å². The van der Waals surface area contributed by atoms with Crippen molar-refractivity contribution in [3.8, 4) is 17.0 Å². The number of methoxy groups -OCH3 is 1. The molecule has 3 aromatic carbocycles. The summed E-state index contributed by atoms with van der Waals surface area (Å²) in [6.07, 6.45) is 1.80. The first kappa shape index (κ1) is 24.3. The third-order valence-electron chi connectivity index (χ3n) is 6.92. The van der Waals surface area contributed by atoms with Crippen LogP contribution in [0.1, 0.15) is 28.8 Å². The van der Waals surface area contributed by atoms with E-state index in [0.29, 0.717) is 18.7 Å². The lowest BCUT2D eigenvalue weighted by atomic mass is 9.97. The molecule has 5 rings (SSSR count). The summed E-state index contributed by atoms with van der Waals surface area (Å²) < 4.78 is 5.26. The van der Waals surface area contributed by atoms with Crippen molar-refractivity contribution >= 4 is 28.4 Å². The molecule has 3 N–H and O–H groups in total. The van der Waals surface area contributed by atoms with Crippen LogP contribution in [0.15, 0.2) is 78.9 Å². The second-order valence-electron chi connectivity index (χ2n) is 9.34. The maximum Gasteiger partial charge on any atom is 0.252 e. The zero-order valence-electron chi connectivity index (χ0n) is 20.8. The molecule has 7 nitrogen and oxygen atoms in total. The van der Waals surface area contributed by atoms with Crippen LogP contribution >= 0.6 is 0 Å². The first-order valence-electron chi connectivity index (χ1n) is 12.5. The molecule has 4 aromatic rings. The SMILES string of the molecule is COc1ccc(-c2cc(C(=O)NCc3ccc(N4CCCC(C(N)=O)C4)cc3)c3ccccc3n2)cc1. The summed E-state index contributed by atoms with van der Waals surface area (Å²) >= 11 is 0. The summed E-state index contributed by atoms with van der Waals surface area (Å²) in [7, 11) is 1.63. The number of aromatic nitrogens is 1. The van der Waals surface area contributed by atoms with Crippen LogP contribution in [0, 0.1) is 5.92 Å². The maximum absolute atomic E-state index is 13.3. The van der Waals surface area contributed by atoms with Crippen molar-refractivity contribution in [2.75, 3.05) is 25.1 Å². The smallest absolute Gasteiger partial charge is 0.252 e. The average Bonchev–Trinajstić information content (AvgIpc) is 2.95. The fourth-order valence-corrected chi connectivity index (χ4v) is 4.82. The highest BCUT2D eigenvalue weighted by molar-refractivity contribution is 6.07. The van der Waals surface area contributed by atoms with Crippen LogP contribution in [0.3, 0.4) is 0 Å². The number of anilines is 1. The van der Waals surface area contributed by atoms with E-state index < -0.39 is 0 Å². The Balaban J connectivity index is 1.32. The first-order chi connectivity index (χ1) is 18.0. The van der Waals surface area contributed by atoms with Gasteiger partial charge in [-0.3, -0.25) is 9.59 Å². The van der Waals surface area contributed by atoms with E-state index in [-0.39, 0.29) is 17.7 Å². The molecule has 7 heteroatoms. The Bertz CT molecular complexity index is 1420. The Morgan fingerprint density at radius 3 is 2.54 bits per heavy atom. The van der Waals surface area contributed by atoms with E-state index in [0.717, 1.165) is 58.5 Å². The van der Waals surface area contributed by atoms with Gasteiger partial charge in [0, 0.05) is 36.3 Å². The van der Waals surface area contributed by atoms with Gasteiger partial charge in [0.05, 0.1) is 29.8 Å². The molecule has 188 valence electrons. The number of pyridine rings is 1. The number of carbonyl (C=O) groups excluding carboxylic acids is 2. The third-order valence-corrected chi connectivity index (χ3v) is 6.92. The number of fused-ring (bicyclic) bond motifs is 1. The molecular formula is C30H30N4O3. The molecule has 1 fully saturated rings. The Hall–Kier alpha value is -4.39. The van der Waals surface area contributed by atoms with Crippen LogP contribution in [-0.4, -0.2) is 37.0 Å². The number of ether oxygens (including phenoxy) is 1. The van der Waals surface area contributed by atoms with Crippen molar-refractivity contribution in [2.45, 2.75) is 19.4 Å². The standard InChI is InChI=1S/C30H30N4O3/c1-37-24-14-10-21(11-15-24)28-17-26(25-6-2-3-7-27(25)33-28)30(36)32-18-20-8-12-23(13-9-20)34-16-4-5-22(19-34)29(31)35/h2-3,6-15,17,22H,4-5,16,18-19H2,1H3,(H2,31,35)(H,32,36). The zero-order valence-corrected chi connectivity index (χ0v) is 20.8. The number of nitrogens with two attached hydrogens (primary N) is 1. The second kappa shape index (κ2) is 10.7. The number of carbonyl (C=O) groups is 2. The predicted octanol–water partition coefficient (Wildman–Crippen LogP) is 4.54. The first-order valence-corrected chi connectivity index (χ1v) is 12.5. The van der Waals surface area contributed by atoms with E-state index in [1.165, 1.54) is 0 Å². The molecule has 1 saturated heterocycles. The minimum Gasteiger partial charge on any atom is -0.497 e. The summed E-state index contributed by atoms with van der Waals surface area (Å²) in [5.74, 6) is 0.271. The average molecular weight is 495 g/mol. The number of nitrogens with one attached hydrogen (secondary N) is 1. The van der Waals surface area contributed by atoms with Gasteiger partial charge in [-0.2, -0.15) is 0 Å². The molecule has 0 spiro atoms. The highest BCUT2D eigenvalue weighted by atomic mass is 16.5. The number of hydrogen-bond donors (Lipinski definition) is 2. The number of para-hydroxylation sites is 1. The van der Waals surface area contributed by atoms with Gasteiger partial charge >= 0.3 is 0 Å². The normalized spacial score (nSPS) is 15.4. The van der Waals surface area contributed by atoms with Crippen LogP contribution in [0.4, 0.5) is 5.69 Å². The van der Waals surface area contributed by atoms with Gasteiger partial charge in [-0.15, -0.1) is 0 Å². The van der Waals surface area contributed by atoms with Crippen molar-refractivity contribution in [1.82, 2.24) is 10.3 Å². The van der Waals surface area contributed by atoms with Gasteiger partial charge in [0.2, 0.25) is 5.91 Å². The van der Waals surface area contributed by atoms with E-state index in [4.69, 9.17) is 15.5 Å². The second-order valence-corrected chi connectivity index (χ2v) is 9.34. The van der Waals surface area contributed by atoms with Crippen molar-refractivity contribution in [3.63, 3.8) is 0 Å². The lowest BCUT2D eigenvalue weighted by Crippen LogP contribution is -2.41. The fraction of sp³-hybridized carbons (Fsp3) is 0.233. The number of nitrogens with zero attached hydrogens (tertiary/aromatic N) is 2. The largest absolute Gasteiger partial charge is 0.497 e. The van der Waals surface area contributed by atoms with Crippen LogP contribution in [0.25, 0.3) is 22.2 Å². The fourth-order valence-electron chi connectivity index (χ4n) is 4.82. The van der Waals surface area contributed by atoms with Gasteiger partial charge in [-0.1, -0.05) is 30.3 Å².